The molecule has 2 aromatic carbocycles. The predicted octanol–water partition coefficient (Wildman–Crippen LogP) is 3.91. The molecule has 0 N–H and O–H groups in total. The number of non-ortho nitro benzene ring substituents is 1. The van der Waals surface area contributed by atoms with E-state index in [1.807, 2.05) is 6.92 Å². The number of nitro groups is 1. The van der Waals surface area contributed by atoms with Gasteiger partial charge in [-0.15, -0.1) is 0 Å². The van der Waals surface area contributed by atoms with E-state index in [0.717, 1.165) is 22.5 Å². The van der Waals surface area contributed by atoms with Crippen LogP contribution in [0, 0.1) is 27.9 Å². The van der Waals surface area contributed by atoms with Crippen LogP contribution in [0.1, 0.15) is 46.9 Å². The fraction of sp³-hybridized carbons (Fsp3) is 0.333. The lowest BCUT2D eigenvalue weighted by Gasteiger charge is -2.30. The van der Waals surface area contributed by atoms with Crippen molar-refractivity contribution in [2.24, 2.45) is 17.8 Å². The first-order valence-electron chi connectivity index (χ1n) is 10.9. The molecule has 0 spiro atoms. The van der Waals surface area contributed by atoms with Gasteiger partial charge < -0.3 is 0 Å². The molecule has 2 fully saturated rings. The van der Waals surface area contributed by atoms with Crippen molar-refractivity contribution in [2.75, 3.05) is 6.54 Å². The molecular formula is C24H22ClN3O6. The van der Waals surface area contributed by atoms with E-state index < -0.39 is 46.8 Å². The lowest BCUT2D eigenvalue weighted by atomic mass is 9.76. The number of nitro benzene ring substituents is 1. The van der Waals surface area contributed by atoms with Gasteiger partial charge in [0.05, 0.1) is 16.8 Å². The third-order valence-corrected chi connectivity index (χ3v) is 6.66. The number of hydrazine groups is 1. The summed E-state index contributed by atoms with van der Waals surface area (Å²) in [5.74, 6) is -3.25. The Morgan fingerprint density at radius 1 is 1.06 bits per heavy atom. The summed E-state index contributed by atoms with van der Waals surface area (Å²) in [6, 6.07) is 11.0. The normalized spacial score (nSPS) is 21.8. The van der Waals surface area contributed by atoms with E-state index in [1.54, 1.807) is 0 Å². The number of hydrogen-bond acceptors (Lipinski definition) is 6. The van der Waals surface area contributed by atoms with Crippen molar-refractivity contribution < 1.29 is 24.1 Å². The molecule has 0 aromatic heterocycles. The van der Waals surface area contributed by atoms with Crippen LogP contribution in [0.4, 0.5) is 5.69 Å². The van der Waals surface area contributed by atoms with E-state index in [1.165, 1.54) is 42.5 Å². The van der Waals surface area contributed by atoms with Crippen LogP contribution in [0.3, 0.4) is 0 Å². The minimum Gasteiger partial charge on any atom is -0.292 e. The van der Waals surface area contributed by atoms with Crippen LogP contribution in [-0.4, -0.2) is 45.0 Å². The van der Waals surface area contributed by atoms with Crippen molar-refractivity contribution in [3.63, 3.8) is 0 Å². The Labute approximate surface area is 200 Å². The highest BCUT2D eigenvalue weighted by Gasteiger charge is 2.52. The number of carbonyl (C=O) groups is 4. The molecular weight excluding hydrogens is 462 g/mol. The van der Waals surface area contributed by atoms with Crippen molar-refractivity contribution in [3.8, 4) is 0 Å². The maximum atomic E-state index is 13.5. The van der Waals surface area contributed by atoms with Crippen LogP contribution in [0.25, 0.3) is 0 Å². The van der Waals surface area contributed by atoms with Gasteiger partial charge in [-0.3, -0.25) is 29.3 Å². The quantitative estimate of drug-likeness (QED) is 0.266. The van der Waals surface area contributed by atoms with Gasteiger partial charge in [0, 0.05) is 28.3 Å². The molecule has 4 rings (SSSR count). The topological polar surface area (TPSA) is 118 Å². The van der Waals surface area contributed by atoms with E-state index in [2.05, 4.69) is 0 Å². The lowest BCUT2D eigenvalue weighted by molar-refractivity contribution is -0.384. The van der Waals surface area contributed by atoms with E-state index >= 15 is 0 Å². The lowest BCUT2D eigenvalue weighted by Crippen LogP contribution is -2.52. The SMILES string of the molecule is C[C@@H]1CC[C@@H]2C(=O)N(N(CC(=O)c3ccc(Cl)cc3)C(=O)c3cccc([N+](=O)[O-])c3)C(=O)[C@@H]2C1. The van der Waals surface area contributed by atoms with Crippen molar-refractivity contribution in [3.05, 3.63) is 74.8 Å². The number of imide groups is 1. The summed E-state index contributed by atoms with van der Waals surface area (Å²) in [5.41, 5.74) is -0.190. The molecule has 176 valence electrons. The predicted molar refractivity (Wildman–Crippen MR) is 122 cm³/mol. The van der Waals surface area contributed by atoms with E-state index in [4.69, 9.17) is 11.6 Å². The summed E-state index contributed by atoms with van der Waals surface area (Å²) >= 11 is 5.89. The largest absolute Gasteiger partial charge is 0.292 e. The summed E-state index contributed by atoms with van der Waals surface area (Å²) in [7, 11) is 0. The second-order valence-corrected chi connectivity index (χ2v) is 9.16. The van der Waals surface area contributed by atoms with Crippen molar-refractivity contribution in [2.45, 2.75) is 26.2 Å². The van der Waals surface area contributed by atoms with Crippen molar-refractivity contribution in [1.29, 1.82) is 0 Å². The van der Waals surface area contributed by atoms with E-state index in [0.29, 0.717) is 17.9 Å². The molecule has 2 aliphatic rings. The summed E-state index contributed by atoms with van der Waals surface area (Å²) in [6.07, 6.45) is 1.84. The molecule has 1 heterocycles. The van der Waals surface area contributed by atoms with Gasteiger partial charge in [-0.2, -0.15) is 5.01 Å². The van der Waals surface area contributed by atoms with Gasteiger partial charge in [-0.1, -0.05) is 24.6 Å². The van der Waals surface area contributed by atoms with Gasteiger partial charge in [0.2, 0.25) is 0 Å². The zero-order chi connectivity index (χ0) is 24.6. The molecule has 10 heteroatoms. The first-order chi connectivity index (χ1) is 16.2. The summed E-state index contributed by atoms with van der Waals surface area (Å²) in [5, 5.41) is 13.2. The summed E-state index contributed by atoms with van der Waals surface area (Å²) < 4.78 is 0. The molecule has 34 heavy (non-hydrogen) atoms. The molecule has 3 amide bonds. The number of nitrogens with zero attached hydrogens (tertiary/aromatic N) is 3. The third-order valence-electron chi connectivity index (χ3n) is 6.40. The zero-order valence-electron chi connectivity index (χ0n) is 18.3. The summed E-state index contributed by atoms with van der Waals surface area (Å²) in [6.45, 7) is 1.42. The number of halogens is 1. The zero-order valence-corrected chi connectivity index (χ0v) is 19.1. The molecule has 0 bridgehead atoms. The fourth-order valence-corrected chi connectivity index (χ4v) is 4.73. The highest BCUT2D eigenvalue weighted by Crippen LogP contribution is 2.41. The minimum absolute atomic E-state index is 0.109. The first-order valence-corrected chi connectivity index (χ1v) is 11.3. The fourth-order valence-electron chi connectivity index (χ4n) is 4.61. The van der Waals surface area contributed by atoms with Gasteiger partial charge >= 0.3 is 0 Å². The Morgan fingerprint density at radius 2 is 1.74 bits per heavy atom. The number of fused-ring (bicyclic) bond motifs is 1. The molecule has 0 unspecified atom stereocenters. The number of rotatable bonds is 6. The Kier molecular flexibility index (Phi) is 6.47. The van der Waals surface area contributed by atoms with Crippen LogP contribution in [0.15, 0.2) is 48.5 Å². The molecule has 1 saturated carbocycles. The minimum atomic E-state index is -0.848. The number of ketones is 1. The smallest absolute Gasteiger partial charge is 0.273 e. The number of hydrogen-bond donors (Lipinski definition) is 0. The maximum Gasteiger partial charge on any atom is 0.273 e. The molecule has 9 nitrogen and oxygen atoms in total. The Hall–Kier alpha value is -3.59. The summed E-state index contributed by atoms with van der Waals surface area (Å²) in [4.78, 5) is 63.6. The van der Waals surface area contributed by atoms with Crippen molar-refractivity contribution in [1.82, 2.24) is 10.0 Å². The number of benzene rings is 2. The first kappa shape index (κ1) is 23.6. The molecule has 1 aliphatic carbocycles. The monoisotopic (exact) mass is 483 g/mol. The average molecular weight is 484 g/mol. The Morgan fingerprint density at radius 3 is 2.41 bits per heavy atom. The third kappa shape index (κ3) is 4.43. The van der Waals surface area contributed by atoms with Crippen LogP contribution < -0.4 is 0 Å². The van der Waals surface area contributed by atoms with Gasteiger partial charge in [0.25, 0.3) is 23.4 Å². The van der Waals surface area contributed by atoms with E-state index in [-0.39, 0.29) is 22.7 Å². The van der Waals surface area contributed by atoms with Gasteiger partial charge in [-0.25, -0.2) is 5.01 Å². The van der Waals surface area contributed by atoms with Gasteiger partial charge in [0.1, 0.15) is 6.54 Å². The highest BCUT2D eigenvalue weighted by molar-refractivity contribution is 6.30. The van der Waals surface area contributed by atoms with Crippen LogP contribution in [-0.2, 0) is 9.59 Å². The number of Topliss-reactive ketones (excluding diaryl/α,β-unsaturated/α-hetero) is 1. The van der Waals surface area contributed by atoms with Crippen molar-refractivity contribution >= 4 is 40.8 Å². The number of amides is 3. The molecule has 1 saturated heterocycles. The van der Waals surface area contributed by atoms with Crippen LogP contribution >= 0.6 is 11.6 Å². The Balaban J connectivity index is 1.71. The second-order valence-electron chi connectivity index (χ2n) is 8.72. The highest BCUT2D eigenvalue weighted by atomic mass is 35.5. The van der Waals surface area contributed by atoms with Crippen LogP contribution in [0.5, 0.6) is 0 Å². The van der Waals surface area contributed by atoms with Crippen LogP contribution in [0.2, 0.25) is 5.02 Å². The number of carbonyl (C=O) groups excluding carboxylic acids is 4. The molecule has 0 radical (unpaired) electrons. The van der Waals surface area contributed by atoms with E-state index in [9.17, 15) is 29.3 Å². The Bertz CT molecular complexity index is 1180. The van der Waals surface area contributed by atoms with Gasteiger partial charge in [-0.05, 0) is 55.5 Å². The second kappa shape index (κ2) is 9.34. The maximum absolute atomic E-state index is 13.5. The van der Waals surface area contributed by atoms with Gasteiger partial charge in [0.15, 0.2) is 5.78 Å². The molecule has 1 aliphatic heterocycles. The standard InChI is InChI=1S/C24H22ClN3O6/c1-14-5-10-19-20(11-14)24(32)27(23(19)31)26(13-21(29)15-6-8-17(25)9-7-15)22(30)16-3-2-4-18(12-16)28(33)34/h2-4,6-9,12,14,19-20H,5,10-11,13H2,1H3/t14-,19+,20-/m1/s1. The molecule has 2 aromatic rings. The average Bonchev–Trinajstić information content (AvgIpc) is 3.06. The molecule has 3 atom stereocenters.